The number of anilines is 1. The van der Waals surface area contributed by atoms with Crippen LogP contribution in [0.3, 0.4) is 0 Å². The summed E-state index contributed by atoms with van der Waals surface area (Å²) >= 11 is 3.48. The Morgan fingerprint density at radius 3 is 2.71 bits per heavy atom. The minimum atomic E-state index is 0.845. The fraction of sp³-hybridized carbons (Fsp3) is 0.571. The van der Waals surface area contributed by atoms with Crippen LogP contribution in [0.1, 0.15) is 0 Å². The molecule has 1 aliphatic heterocycles. The first kappa shape index (κ1) is 14.7. The predicted octanol–water partition coefficient (Wildman–Crippen LogP) is 1.18. The molecule has 0 unspecified atom stereocenters. The summed E-state index contributed by atoms with van der Waals surface area (Å²) in [4.78, 5) is 16.1. The monoisotopic (exact) mass is 352 g/mol. The molecule has 21 heavy (non-hydrogen) atoms. The van der Waals surface area contributed by atoms with Gasteiger partial charge in [0.1, 0.15) is 4.60 Å². The van der Waals surface area contributed by atoms with Crippen LogP contribution in [0.5, 0.6) is 0 Å². The summed E-state index contributed by atoms with van der Waals surface area (Å²) in [5.74, 6) is 0.974. The summed E-state index contributed by atoms with van der Waals surface area (Å²) in [6, 6.07) is 0. The summed E-state index contributed by atoms with van der Waals surface area (Å²) in [7, 11) is 4.24. The second-order valence-electron chi connectivity index (χ2n) is 5.68. The van der Waals surface area contributed by atoms with Crippen LogP contribution >= 0.6 is 15.9 Å². The van der Waals surface area contributed by atoms with E-state index in [-0.39, 0.29) is 0 Å². The molecule has 0 spiro atoms. The van der Waals surface area contributed by atoms with Crippen LogP contribution in [0.4, 0.5) is 5.82 Å². The molecule has 3 heterocycles. The average Bonchev–Trinajstić information content (AvgIpc) is 2.93. The Morgan fingerprint density at radius 2 is 2.00 bits per heavy atom. The van der Waals surface area contributed by atoms with E-state index in [0.29, 0.717) is 0 Å². The van der Waals surface area contributed by atoms with Crippen LogP contribution in [-0.2, 0) is 0 Å². The second kappa shape index (κ2) is 6.29. The van der Waals surface area contributed by atoms with E-state index in [4.69, 9.17) is 0 Å². The summed E-state index contributed by atoms with van der Waals surface area (Å²) in [5.41, 5.74) is 0.931. The molecule has 0 radical (unpaired) electrons. The van der Waals surface area contributed by atoms with Gasteiger partial charge < -0.3 is 14.2 Å². The summed E-state index contributed by atoms with van der Waals surface area (Å²) in [5, 5.41) is 0. The molecular formula is C14H21BrN6. The van der Waals surface area contributed by atoms with Gasteiger partial charge in [0, 0.05) is 57.9 Å². The molecule has 1 fully saturated rings. The van der Waals surface area contributed by atoms with Gasteiger partial charge in [-0.25, -0.2) is 9.97 Å². The Morgan fingerprint density at radius 1 is 1.24 bits per heavy atom. The fourth-order valence-corrected chi connectivity index (χ4v) is 3.01. The molecule has 6 nitrogen and oxygen atoms in total. The van der Waals surface area contributed by atoms with Crippen molar-refractivity contribution in [2.75, 3.05) is 58.3 Å². The third-order valence-electron chi connectivity index (χ3n) is 3.86. The van der Waals surface area contributed by atoms with Crippen LogP contribution in [0.15, 0.2) is 23.2 Å². The topological polar surface area (TPSA) is 39.9 Å². The zero-order valence-corrected chi connectivity index (χ0v) is 14.1. The summed E-state index contributed by atoms with van der Waals surface area (Å²) in [6.45, 7) is 6.40. The van der Waals surface area contributed by atoms with Crippen molar-refractivity contribution in [3.63, 3.8) is 0 Å². The Balaban J connectivity index is 1.69. The van der Waals surface area contributed by atoms with Crippen molar-refractivity contribution in [3.05, 3.63) is 23.2 Å². The first-order valence-corrected chi connectivity index (χ1v) is 8.04. The van der Waals surface area contributed by atoms with Crippen molar-refractivity contribution in [2.24, 2.45) is 0 Å². The van der Waals surface area contributed by atoms with E-state index >= 15 is 0 Å². The second-order valence-corrected chi connectivity index (χ2v) is 6.49. The molecule has 114 valence electrons. The predicted molar refractivity (Wildman–Crippen MR) is 87.9 cm³/mol. The van der Waals surface area contributed by atoms with E-state index in [1.54, 1.807) is 0 Å². The SMILES string of the molecule is CN(C)CCN1CCN(c2nc(Br)cn3ccnc23)CC1. The van der Waals surface area contributed by atoms with E-state index in [1.165, 1.54) is 0 Å². The Labute approximate surface area is 133 Å². The zero-order chi connectivity index (χ0) is 14.8. The van der Waals surface area contributed by atoms with Gasteiger partial charge in [0.25, 0.3) is 0 Å². The first-order valence-electron chi connectivity index (χ1n) is 7.25. The van der Waals surface area contributed by atoms with Crippen LogP contribution in [0, 0.1) is 0 Å². The van der Waals surface area contributed by atoms with Crippen molar-refractivity contribution in [3.8, 4) is 0 Å². The van der Waals surface area contributed by atoms with E-state index in [1.807, 2.05) is 23.0 Å². The molecule has 0 N–H and O–H groups in total. The molecule has 2 aromatic rings. The van der Waals surface area contributed by atoms with Gasteiger partial charge in [-0.1, -0.05) is 0 Å². The molecular weight excluding hydrogens is 332 g/mol. The van der Waals surface area contributed by atoms with Crippen molar-refractivity contribution >= 4 is 27.4 Å². The number of rotatable bonds is 4. The van der Waals surface area contributed by atoms with Gasteiger partial charge in [0.05, 0.1) is 0 Å². The van der Waals surface area contributed by atoms with Crippen molar-refractivity contribution in [2.45, 2.75) is 0 Å². The van der Waals surface area contributed by atoms with Gasteiger partial charge in [0.2, 0.25) is 0 Å². The Hall–Kier alpha value is -1.18. The lowest BCUT2D eigenvalue weighted by Gasteiger charge is -2.35. The van der Waals surface area contributed by atoms with Crippen LogP contribution in [-0.4, -0.2) is 77.5 Å². The number of fused-ring (bicyclic) bond motifs is 1. The van der Waals surface area contributed by atoms with Crippen LogP contribution < -0.4 is 4.90 Å². The maximum Gasteiger partial charge on any atom is 0.180 e. The highest BCUT2D eigenvalue weighted by molar-refractivity contribution is 9.10. The first-order chi connectivity index (χ1) is 10.1. The largest absolute Gasteiger partial charge is 0.351 e. The number of halogens is 1. The van der Waals surface area contributed by atoms with Crippen molar-refractivity contribution in [1.82, 2.24) is 24.2 Å². The molecule has 0 bridgehead atoms. The number of hydrogen-bond donors (Lipinski definition) is 0. The lowest BCUT2D eigenvalue weighted by molar-refractivity contribution is 0.229. The highest BCUT2D eigenvalue weighted by Crippen LogP contribution is 2.22. The zero-order valence-electron chi connectivity index (χ0n) is 12.5. The van der Waals surface area contributed by atoms with Crippen LogP contribution in [0.2, 0.25) is 0 Å². The smallest absolute Gasteiger partial charge is 0.180 e. The van der Waals surface area contributed by atoms with Gasteiger partial charge in [-0.2, -0.15) is 0 Å². The molecule has 0 atom stereocenters. The van der Waals surface area contributed by atoms with Crippen molar-refractivity contribution < 1.29 is 0 Å². The molecule has 0 aliphatic carbocycles. The third kappa shape index (κ3) is 3.36. The quantitative estimate of drug-likeness (QED) is 0.826. The number of nitrogens with zero attached hydrogens (tertiary/aromatic N) is 6. The van der Waals surface area contributed by atoms with E-state index in [9.17, 15) is 0 Å². The maximum absolute atomic E-state index is 4.63. The summed E-state index contributed by atoms with van der Waals surface area (Å²) < 4.78 is 2.86. The lowest BCUT2D eigenvalue weighted by atomic mass is 10.3. The summed E-state index contributed by atoms with van der Waals surface area (Å²) in [6.07, 6.45) is 5.72. The standard InChI is InChI=1S/C14H21BrN6/c1-18(2)5-6-19-7-9-20(10-8-19)14-13-16-3-4-21(13)11-12(15)17-14/h3-4,11H,5-10H2,1-2H3. The van der Waals surface area contributed by atoms with E-state index < -0.39 is 0 Å². The maximum atomic E-state index is 4.63. The lowest BCUT2D eigenvalue weighted by Crippen LogP contribution is -2.48. The van der Waals surface area contributed by atoms with E-state index in [0.717, 1.165) is 55.3 Å². The molecule has 3 rings (SSSR count). The van der Waals surface area contributed by atoms with Gasteiger partial charge in [-0.05, 0) is 30.0 Å². The minimum absolute atomic E-state index is 0.845. The Kier molecular flexibility index (Phi) is 4.42. The number of hydrogen-bond acceptors (Lipinski definition) is 5. The molecule has 0 saturated carbocycles. The molecule has 1 saturated heterocycles. The average molecular weight is 353 g/mol. The highest BCUT2D eigenvalue weighted by atomic mass is 79.9. The van der Waals surface area contributed by atoms with E-state index in [2.05, 4.69) is 54.7 Å². The van der Waals surface area contributed by atoms with Gasteiger partial charge in [0.15, 0.2) is 11.5 Å². The molecule has 0 aromatic carbocycles. The molecule has 7 heteroatoms. The van der Waals surface area contributed by atoms with Gasteiger partial charge >= 0.3 is 0 Å². The van der Waals surface area contributed by atoms with Gasteiger partial charge in [-0.3, -0.25) is 4.90 Å². The number of likely N-dealkylation sites (N-methyl/N-ethyl adjacent to an activating group) is 1. The number of aromatic nitrogens is 3. The van der Waals surface area contributed by atoms with Crippen LogP contribution in [0.25, 0.3) is 5.65 Å². The molecule has 1 aliphatic rings. The fourth-order valence-electron chi connectivity index (χ4n) is 2.62. The minimum Gasteiger partial charge on any atom is -0.351 e. The Bertz CT molecular complexity index is 603. The molecule has 2 aromatic heterocycles. The molecule has 0 amide bonds. The van der Waals surface area contributed by atoms with Gasteiger partial charge in [-0.15, -0.1) is 0 Å². The number of imidazole rings is 1. The number of piperazine rings is 1. The van der Waals surface area contributed by atoms with Crippen molar-refractivity contribution in [1.29, 1.82) is 0 Å². The normalized spacial score (nSPS) is 17.0. The third-order valence-corrected chi connectivity index (χ3v) is 4.24. The highest BCUT2D eigenvalue weighted by Gasteiger charge is 2.20.